The Labute approximate surface area is 176 Å². The van der Waals surface area contributed by atoms with Crippen LogP contribution < -0.4 is 19.7 Å². The van der Waals surface area contributed by atoms with Crippen molar-refractivity contribution in [1.82, 2.24) is 15.3 Å². The molecule has 4 rings (SSSR count). The minimum Gasteiger partial charge on any atom is -0.493 e. The van der Waals surface area contributed by atoms with Crippen molar-refractivity contribution >= 4 is 11.9 Å². The summed E-state index contributed by atoms with van der Waals surface area (Å²) in [5.41, 5.74) is 1.08. The largest absolute Gasteiger partial charge is 0.493 e. The van der Waals surface area contributed by atoms with E-state index in [1.807, 2.05) is 24.4 Å². The van der Waals surface area contributed by atoms with E-state index in [4.69, 9.17) is 19.2 Å². The number of nitrogens with one attached hydrogen (secondary N) is 1. The first-order valence-corrected chi connectivity index (χ1v) is 10.4. The van der Waals surface area contributed by atoms with E-state index < -0.39 is 0 Å². The summed E-state index contributed by atoms with van der Waals surface area (Å²) in [6.45, 7) is 3.04. The standard InChI is InChI=1S/C22H28N4O4/c1-28-19-4-2-3-5-20(19)30-15-21(27)24-17-7-11-26(14-17)22-23-10-6-18(25-22)16-8-12-29-13-9-16/h2-6,10,16-17H,7-9,11-15H2,1H3,(H,24,27). The lowest BCUT2D eigenvalue weighted by Gasteiger charge is -2.23. The van der Waals surface area contributed by atoms with Gasteiger partial charge in [0.05, 0.1) is 7.11 Å². The van der Waals surface area contributed by atoms with Gasteiger partial charge in [-0.05, 0) is 37.5 Å². The Balaban J connectivity index is 1.28. The van der Waals surface area contributed by atoms with E-state index in [0.29, 0.717) is 24.0 Å². The molecule has 2 aromatic rings. The van der Waals surface area contributed by atoms with Gasteiger partial charge >= 0.3 is 0 Å². The number of benzene rings is 1. The molecule has 0 radical (unpaired) electrons. The van der Waals surface area contributed by atoms with Gasteiger partial charge in [0.15, 0.2) is 18.1 Å². The van der Waals surface area contributed by atoms with Crippen molar-refractivity contribution in [2.24, 2.45) is 0 Å². The Bertz CT molecular complexity index is 857. The van der Waals surface area contributed by atoms with Crippen LogP contribution in [0, 0.1) is 0 Å². The maximum absolute atomic E-state index is 12.3. The average Bonchev–Trinajstić information content (AvgIpc) is 3.27. The van der Waals surface area contributed by atoms with Crippen LogP contribution in [0.4, 0.5) is 5.95 Å². The molecule has 8 heteroatoms. The summed E-state index contributed by atoms with van der Waals surface area (Å²) < 4.78 is 16.3. The van der Waals surface area contributed by atoms with E-state index >= 15 is 0 Å². The first-order valence-electron chi connectivity index (χ1n) is 10.4. The molecular weight excluding hydrogens is 384 g/mol. The SMILES string of the molecule is COc1ccccc1OCC(=O)NC1CCN(c2nccc(C3CCOCC3)n2)C1. The molecule has 0 spiro atoms. The first kappa shape index (κ1) is 20.4. The summed E-state index contributed by atoms with van der Waals surface area (Å²) in [7, 11) is 1.58. The third kappa shape index (κ3) is 4.99. The predicted octanol–water partition coefficient (Wildman–Crippen LogP) is 2.15. The van der Waals surface area contributed by atoms with Crippen LogP contribution >= 0.6 is 0 Å². The predicted molar refractivity (Wildman–Crippen MR) is 112 cm³/mol. The molecule has 1 N–H and O–H groups in total. The number of amides is 1. The third-order valence-corrected chi connectivity index (χ3v) is 5.57. The maximum Gasteiger partial charge on any atom is 0.258 e. The molecule has 1 aromatic carbocycles. The zero-order valence-corrected chi connectivity index (χ0v) is 17.3. The Morgan fingerprint density at radius 3 is 2.80 bits per heavy atom. The van der Waals surface area contributed by atoms with E-state index in [1.54, 1.807) is 19.2 Å². The van der Waals surface area contributed by atoms with Crippen LogP contribution in [-0.2, 0) is 9.53 Å². The molecule has 0 saturated carbocycles. The summed E-state index contributed by atoms with van der Waals surface area (Å²) in [4.78, 5) is 23.7. The van der Waals surface area contributed by atoms with Gasteiger partial charge < -0.3 is 24.4 Å². The number of anilines is 1. The number of nitrogens with zero attached hydrogens (tertiary/aromatic N) is 3. The molecule has 8 nitrogen and oxygen atoms in total. The zero-order chi connectivity index (χ0) is 20.8. The Morgan fingerprint density at radius 1 is 1.20 bits per heavy atom. The third-order valence-electron chi connectivity index (χ3n) is 5.57. The van der Waals surface area contributed by atoms with Gasteiger partial charge in [0.25, 0.3) is 5.91 Å². The summed E-state index contributed by atoms with van der Waals surface area (Å²) in [5, 5.41) is 3.05. The Morgan fingerprint density at radius 2 is 2.00 bits per heavy atom. The fourth-order valence-corrected chi connectivity index (χ4v) is 3.95. The minimum atomic E-state index is -0.148. The number of hydrogen-bond donors (Lipinski definition) is 1. The van der Waals surface area contributed by atoms with E-state index in [0.717, 1.165) is 50.7 Å². The highest BCUT2D eigenvalue weighted by Crippen LogP contribution is 2.27. The number of para-hydroxylation sites is 2. The van der Waals surface area contributed by atoms with Crippen molar-refractivity contribution in [1.29, 1.82) is 0 Å². The van der Waals surface area contributed by atoms with Gasteiger partial charge in [0.1, 0.15) is 0 Å². The smallest absolute Gasteiger partial charge is 0.258 e. The van der Waals surface area contributed by atoms with Crippen LogP contribution in [0.2, 0.25) is 0 Å². The molecule has 2 fully saturated rings. The van der Waals surface area contributed by atoms with E-state index in [-0.39, 0.29) is 18.6 Å². The average molecular weight is 412 g/mol. The second-order valence-electron chi connectivity index (χ2n) is 7.61. The second-order valence-corrected chi connectivity index (χ2v) is 7.61. The van der Waals surface area contributed by atoms with Crippen LogP contribution in [-0.4, -0.2) is 61.9 Å². The van der Waals surface area contributed by atoms with E-state index in [2.05, 4.69) is 15.2 Å². The van der Waals surface area contributed by atoms with Gasteiger partial charge in [-0.1, -0.05) is 12.1 Å². The van der Waals surface area contributed by atoms with Crippen LogP contribution in [0.5, 0.6) is 11.5 Å². The number of aromatic nitrogens is 2. The van der Waals surface area contributed by atoms with Crippen LogP contribution in [0.25, 0.3) is 0 Å². The second kappa shape index (κ2) is 9.75. The topological polar surface area (TPSA) is 85.8 Å². The number of rotatable bonds is 7. The molecule has 160 valence electrons. The van der Waals surface area contributed by atoms with Crippen molar-refractivity contribution in [3.63, 3.8) is 0 Å². The van der Waals surface area contributed by atoms with Gasteiger partial charge in [-0.25, -0.2) is 9.97 Å². The highest BCUT2D eigenvalue weighted by atomic mass is 16.5. The highest BCUT2D eigenvalue weighted by Gasteiger charge is 2.27. The summed E-state index contributed by atoms with van der Waals surface area (Å²) >= 11 is 0. The van der Waals surface area contributed by atoms with Gasteiger partial charge in [0, 0.05) is 50.2 Å². The van der Waals surface area contributed by atoms with Gasteiger partial charge in [-0.2, -0.15) is 0 Å². The number of hydrogen-bond acceptors (Lipinski definition) is 7. The molecule has 30 heavy (non-hydrogen) atoms. The number of carbonyl (C=O) groups excluding carboxylic acids is 1. The van der Waals surface area contributed by atoms with Crippen LogP contribution in [0.3, 0.4) is 0 Å². The lowest BCUT2D eigenvalue weighted by molar-refractivity contribution is -0.123. The van der Waals surface area contributed by atoms with Crippen LogP contribution in [0.1, 0.15) is 30.9 Å². The Hall–Kier alpha value is -2.87. The van der Waals surface area contributed by atoms with E-state index in [9.17, 15) is 4.79 Å². The van der Waals surface area contributed by atoms with Crippen molar-refractivity contribution in [2.45, 2.75) is 31.2 Å². The van der Waals surface area contributed by atoms with Crippen LogP contribution in [0.15, 0.2) is 36.5 Å². The molecule has 2 aliphatic heterocycles. The lowest BCUT2D eigenvalue weighted by Crippen LogP contribution is -2.39. The zero-order valence-electron chi connectivity index (χ0n) is 17.3. The summed E-state index contributed by atoms with van der Waals surface area (Å²) in [6, 6.07) is 9.35. The lowest BCUT2D eigenvalue weighted by atomic mass is 9.96. The normalized spacial score (nSPS) is 19.5. The molecule has 0 bridgehead atoms. The quantitative estimate of drug-likeness (QED) is 0.746. The molecule has 1 aromatic heterocycles. The van der Waals surface area contributed by atoms with Crippen molar-refractivity contribution < 1.29 is 19.0 Å². The van der Waals surface area contributed by atoms with E-state index in [1.165, 1.54) is 0 Å². The maximum atomic E-state index is 12.3. The van der Waals surface area contributed by atoms with Crippen molar-refractivity contribution in [3.05, 3.63) is 42.2 Å². The van der Waals surface area contributed by atoms with Crippen molar-refractivity contribution in [3.8, 4) is 11.5 Å². The fraction of sp³-hybridized carbons (Fsp3) is 0.500. The van der Waals surface area contributed by atoms with Gasteiger partial charge in [-0.3, -0.25) is 4.79 Å². The molecule has 0 aliphatic carbocycles. The molecular formula is C22H28N4O4. The first-order chi connectivity index (χ1) is 14.7. The monoisotopic (exact) mass is 412 g/mol. The summed E-state index contributed by atoms with van der Waals surface area (Å²) in [5.74, 6) is 2.19. The minimum absolute atomic E-state index is 0.0490. The van der Waals surface area contributed by atoms with Gasteiger partial charge in [0.2, 0.25) is 5.95 Å². The van der Waals surface area contributed by atoms with Gasteiger partial charge in [-0.15, -0.1) is 0 Å². The van der Waals surface area contributed by atoms with Crippen molar-refractivity contribution in [2.75, 3.05) is 44.9 Å². The molecule has 1 unspecified atom stereocenters. The molecule has 2 aliphatic rings. The number of methoxy groups -OCH3 is 1. The molecule has 1 atom stereocenters. The molecule has 3 heterocycles. The number of ether oxygens (including phenoxy) is 3. The fourth-order valence-electron chi connectivity index (χ4n) is 3.95. The molecule has 2 saturated heterocycles. The molecule has 1 amide bonds. The Kier molecular flexibility index (Phi) is 6.63. The number of carbonyl (C=O) groups is 1. The summed E-state index contributed by atoms with van der Waals surface area (Å²) in [6.07, 6.45) is 4.69. The highest BCUT2D eigenvalue weighted by molar-refractivity contribution is 5.78.